The number of halogens is 1. The van der Waals surface area contributed by atoms with Crippen LogP contribution in [0.4, 0.5) is 9.52 Å². The predicted octanol–water partition coefficient (Wildman–Crippen LogP) is 3.29. The molecule has 2 heterocycles. The summed E-state index contributed by atoms with van der Waals surface area (Å²) in [7, 11) is 0. The Morgan fingerprint density at radius 1 is 1.35 bits per heavy atom. The van der Waals surface area contributed by atoms with Gasteiger partial charge in [-0.25, -0.2) is 9.37 Å². The molecule has 140 valence electrons. The van der Waals surface area contributed by atoms with Gasteiger partial charge in [-0.3, -0.25) is 14.6 Å². The highest BCUT2D eigenvalue weighted by atomic mass is 32.1. The zero-order valence-corrected chi connectivity index (χ0v) is 15.6. The molecule has 7 heteroatoms. The second-order valence-corrected chi connectivity index (χ2v) is 8.04. The number of carbonyl (C=O) groups excluding carboxylic acids is 1. The molecule has 26 heavy (non-hydrogen) atoms. The summed E-state index contributed by atoms with van der Waals surface area (Å²) in [5.41, 5.74) is 0.756. The lowest BCUT2D eigenvalue weighted by molar-refractivity contribution is -0.124. The summed E-state index contributed by atoms with van der Waals surface area (Å²) in [6.45, 7) is 5.10. The summed E-state index contributed by atoms with van der Waals surface area (Å²) < 4.78 is 19.7. The Bertz CT molecular complexity index is 771. The fourth-order valence-electron chi connectivity index (χ4n) is 3.45. The van der Waals surface area contributed by atoms with E-state index in [1.165, 1.54) is 23.5 Å². The minimum absolute atomic E-state index is 0.127. The van der Waals surface area contributed by atoms with Crippen molar-refractivity contribution >= 4 is 32.6 Å². The molecule has 0 radical (unpaired) electrons. The van der Waals surface area contributed by atoms with Crippen LogP contribution in [0.1, 0.15) is 25.7 Å². The molecule has 2 aliphatic rings. The molecule has 1 amide bonds. The molecule has 2 fully saturated rings. The standard InChI is InChI=1S/C19H24FN3O2S/c20-15-5-6-16-17(13-15)26-19(21-16)23(18(24)14-3-1-4-14)8-2-7-22-9-11-25-12-10-22/h5-6,13-14H,1-4,7-12H2. The summed E-state index contributed by atoms with van der Waals surface area (Å²) in [6, 6.07) is 4.60. The van der Waals surface area contributed by atoms with Gasteiger partial charge in [-0.05, 0) is 37.5 Å². The fourth-order valence-corrected chi connectivity index (χ4v) is 4.48. The largest absolute Gasteiger partial charge is 0.379 e. The first-order chi connectivity index (χ1) is 12.7. The van der Waals surface area contributed by atoms with Crippen molar-refractivity contribution in [1.82, 2.24) is 9.88 Å². The number of hydrogen-bond acceptors (Lipinski definition) is 5. The van der Waals surface area contributed by atoms with Crippen LogP contribution in [-0.4, -0.2) is 55.2 Å². The van der Waals surface area contributed by atoms with Crippen molar-refractivity contribution in [2.24, 2.45) is 5.92 Å². The molecule has 4 rings (SSSR count). The van der Waals surface area contributed by atoms with Crippen LogP contribution in [0.3, 0.4) is 0 Å². The van der Waals surface area contributed by atoms with Gasteiger partial charge < -0.3 is 4.74 Å². The third kappa shape index (κ3) is 3.89. The second kappa shape index (κ2) is 7.98. The lowest BCUT2D eigenvalue weighted by Crippen LogP contribution is -2.42. The van der Waals surface area contributed by atoms with Crippen LogP contribution < -0.4 is 4.90 Å². The van der Waals surface area contributed by atoms with E-state index in [9.17, 15) is 9.18 Å². The minimum Gasteiger partial charge on any atom is -0.379 e. The van der Waals surface area contributed by atoms with E-state index < -0.39 is 0 Å². The third-order valence-corrected chi connectivity index (χ3v) is 6.29. The van der Waals surface area contributed by atoms with Gasteiger partial charge in [0.2, 0.25) is 5.91 Å². The summed E-state index contributed by atoms with van der Waals surface area (Å²) >= 11 is 1.41. The Hall–Kier alpha value is -1.57. The van der Waals surface area contributed by atoms with Crippen LogP contribution in [-0.2, 0) is 9.53 Å². The van der Waals surface area contributed by atoms with Crippen LogP contribution in [0, 0.1) is 11.7 Å². The lowest BCUT2D eigenvalue weighted by Gasteiger charge is -2.31. The van der Waals surface area contributed by atoms with Gasteiger partial charge in [0.05, 0.1) is 23.4 Å². The summed E-state index contributed by atoms with van der Waals surface area (Å²) in [6.07, 6.45) is 3.97. The number of nitrogens with zero attached hydrogens (tertiary/aromatic N) is 3. The van der Waals surface area contributed by atoms with Gasteiger partial charge in [0.15, 0.2) is 5.13 Å². The normalized spacial score (nSPS) is 18.8. The molecule has 2 aromatic rings. The molecular weight excluding hydrogens is 353 g/mol. The van der Waals surface area contributed by atoms with Crippen molar-refractivity contribution in [3.05, 3.63) is 24.0 Å². The quantitative estimate of drug-likeness (QED) is 0.775. The zero-order chi connectivity index (χ0) is 17.9. The van der Waals surface area contributed by atoms with Gasteiger partial charge in [0.25, 0.3) is 0 Å². The highest BCUT2D eigenvalue weighted by Gasteiger charge is 2.31. The number of anilines is 1. The van der Waals surface area contributed by atoms with Crippen LogP contribution in [0.25, 0.3) is 10.2 Å². The van der Waals surface area contributed by atoms with E-state index in [-0.39, 0.29) is 17.6 Å². The molecular formula is C19H24FN3O2S. The number of aromatic nitrogens is 1. The van der Waals surface area contributed by atoms with Crippen molar-refractivity contribution in [2.45, 2.75) is 25.7 Å². The first kappa shape index (κ1) is 17.8. The number of benzene rings is 1. The molecule has 0 atom stereocenters. The lowest BCUT2D eigenvalue weighted by atomic mass is 9.84. The van der Waals surface area contributed by atoms with Crippen molar-refractivity contribution in [2.75, 3.05) is 44.3 Å². The first-order valence-electron chi connectivity index (χ1n) is 9.38. The smallest absolute Gasteiger partial charge is 0.231 e. The van der Waals surface area contributed by atoms with E-state index in [2.05, 4.69) is 9.88 Å². The molecule has 1 aliphatic heterocycles. The van der Waals surface area contributed by atoms with Gasteiger partial charge in [0.1, 0.15) is 5.82 Å². The average Bonchev–Trinajstić information content (AvgIpc) is 3.00. The Balaban J connectivity index is 1.48. The highest BCUT2D eigenvalue weighted by molar-refractivity contribution is 7.22. The second-order valence-electron chi connectivity index (χ2n) is 7.03. The Labute approximate surface area is 156 Å². The van der Waals surface area contributed by atoms with Crippen molar-refractivity contribution in [3.8, 4) is 0 Å². The van der Waals surface area contributed by atoms with Crippen LogP contribution >= 0.6 is 11.3 Å². The molecule has 0 spiro atoms. The number of amides is 1. The van der Waals surface area contributed by atoms with Crippen molar-refractivity contribution in [3.63, 3.8) is 0 Å². The van der Waals surface area contributed by atoms with E-state index in [4.69, 9.17) is 4.74 Å². The maximum absolute atomic E-state index is 13.5. The molecule has 1 aromatic carbocycles. The number of morpholine rings is 1. The summed E-state index contributed by atoms with van der Waals surface area (Å²) in [4.78, 5) is 21.8. The van der Waals surface area contributed by atoms with Crippen LogP contribution in [0.15, 0.2) is 18.2 Å². The molecule has 1 saturated carbocycles. The van der Waals surface area contributed by atoms with Crippen LogP contribution in [0.2, 0.25) is 0 Å². The minimum atomic E-state index is -0.267. The zero-order valence-electron chi connectivity index (χ0n) is 14.8. The maximum Gasteiger partial charge on any atom is 0.231 e. The van der Waals surface area contributed by atoms with E-state index in [1.807, 2.05) is 4.90 Å². The van der Waals surface area contributed by atoms with Crippen molar-refractivity contribution in [1.29, 1.82) is 0 Å². The Morgan fingerprint density at radius 2 is 2.15 bits per heavy atom. The van der Waals surface area contributed by atoms with Gasteiger partial charge in [-0.15, -0.1) is 0 Å². The van der Waals surface area contributed by atoms with E-state index >= 15 is 0 Å². The molecule has 0 bridgehead atoms. The van der Waals surface area contributed by atoms with Gasteiger partial charge >= 0.3 is 0 Å². The molecule has 0 N–H and O–H groups in total. The first-order valence-corrected chi connectivity index (χ1v) is 10.2. The molecule has 0 unspecified atom stereocenters. The van der Waals surface area contributed by atoms with Gasteiger partial charge in [-0.1, -0.05) is 17.8 Å². The number of hydrogen-bond donors (Lipinski definition) is 0. The predicted molar refractivity (Wildman–Crippen MR) is 101 cm³/mol. The number of fused-ring (bicyclic) bond motifs is 1. The van der Waals surface area contributed by atoms with E-state index in [0.29, 0.717) is 11.7 Å². The van der Waals surface area contributed by atoms with Crippen LogP contribution in [0.5, 0.6) is 0 Å². The SMILES string of the molecule is O=C(C1CCC1)N(CCCN1CCOCC1)c1nc2ccc(F)cc2s1. The Morgan fingerprint density at radius 3 is 2.88 bits per heavy atom. The molecule has 1 aromatic heterocycles. The Kier molecular flexibility index (Phi) is 5.47. The van der Waals surface area contributed by atoms with Gasteiger partial charge in [-0.2, -0.15) is 0 Å². The third-order valence-electron chi connectivity index (χ3n) is 5.25. The number of thiazole rings is 1. The summed E-state index contributed by atoms with van der Waals surface area (Å²) in [5, 5.41) is 0.699. The topological polar surface area (TPSA) is 45.7 Å². The number of rotatable bonds is 6. The number of ether oxygens (including phenoxy) is 1. The van der Waals surface area contributed by atoms with Crippen molar-refractivity contribution < 1.29 is 13.9 Å². The monoisotopic (exact) mass is 377 g/mol. The fraction of sp³-hybridized carbons (Fsp3) is 0.579. The molecule has 1 aliphatic carbocycles. The molecule has 5 nitrogen and oxygen atoms in total. The number of carbonyl (C=O) groups is 1. The highest BCUT2D eigenvalue weighted by Crippen LogP contribution is 2.34. The summed E-state index contributed by atoms with van der Waals surface area (Å²) in [5.74, 6) is 0.0387. The maximum atomic E-state index is 13.5. The molecule has 1 saturated heterocycles. The van der Waals surface area contributed by atoms with E-state index in [0.717, 1.165) is 68.7 Å². The van der Waals surface area contributed by atoms with Gasteiger partial charge in [0, 0.05) is 32.1 Å². The average molecular weight is 377 g/mol. The van der Waals surface area contributed by atoms with E-state index in [1.54, 1.807) is 6.07 Å².